The van der Waals surface area contributed by atoms with E-state index in [-0.39, 0.29) is 18.6 Å². The van der Waals surface area contributed by atoms with E-state index in [0.29, 0.717) is 5.75 Å². The molecular weight excluding hydrogens is 206 g/mol. The Bertz CT molecular complexity index is 155. The van der Waals surface area contributed by atoms with Crippen LogP contribution in [0, 0.1) is 0 Å². The molecule has 1 N–H and O–H groups in total. The molecule has 4 heteroatoms. The molecule has 0 unspecified atom stereocenters. The summed E-state index contributed by atoms with van der Waals surface area (Å²) in [4.78, 5) is 0. The Balaban J connectivity index is 0. The van der Waals surface area contributed by atoms with Gasteiger partial charge in [0.15, 0.2) is 0 Å². The maximum atomic E-state index is 8.63. The van der Waals surface area contributed by atoms with Gasteiger partial charge in [0, 0.05) is 18.6 Å². The minimum absolute atomic E-state index is 0. The van der Waals surface area contributed by atoms with Gasteiger partial charge in [0.2, 0.25) is 0 Å². The number of hydrogen-bond donors (Lipinski definition) is 1. The molecule has 0 aromatic heterocycles. The summed E-state index contributed by atoms with van der Waals surface area (Å²) in [5.74, 6) is 0.322. The van der Waals surface area contributed by atoms with Crippen LogP contribution in [0.25, 0.3) is 0 Å². The monoisotopic (exact) mass is 212 g/mol. The maximum absolute atomic E-state index is 8.63. The van der Waals surface area contributed by atoms with E-state index in [1.165, 1.54) is 0 Å². The molecule has 2 nitrogen and oxygen atoms in total. The van der Waals surface area contributed by atoms with E-state index < -0.39 is 0 Å². The van der Waals surface area contributed by atoms with E-state index >= 15 is 0 Å². The second-order valence-corrected chi connectivity index (χ2v) is 1.34. The standard InChI is InChI=1S/C6H6O.O.2V/c7-6-4-2-1-3-5-6;;;/h1-5,7H;;;. The third kappa shape index (κ3) is 6.11. The third-order valence-electron chi connectivity index (χ3n) is 0.756. The quantitative estimate of drug-likeness (QED) is 0.702. The van der Waals surface area contributed by atoms with Crippen LogP contribution in [0.5, 0.6) is 5.75 Å². The normalized spacial score (nSPS) is 6.30. The predicted octanol–water partition coefficient (Wildman–Crippen LogP) is 1.27. The average Bonchev–Trinajstić information content (AvgIpc) is 1.94. The maximum Gasteiger partial charge on any atom is 0 e. The van der Waals surface area contributed by atoms with E-state index in [4.69, 9.17) is 8.78 Å². The van der Waals surface area contributed by atoms with Crippen LogP contribution in [-0.2, 0) is 39.6 Å². The molecule has 1 aromatic carbocycles. The minimum atomic E-state index is 0. The fraction of sp³-hybridized carbons (Fsp3) is 0. The van der Waals surface area contributed by atoms with Crippen LogP contribution >= 0.6 is 0 Å². The first-order chi connectivity index (χ1) is 4.39. The number of hydrogen-bond acceptors (Lipinski definition) is 2. The largest absolute Gasteiger partial charge is 0 e. The number of aromatic hydroxyl groups is 1. The van der Waals surface area contributed by atoms with Crippen molar-refractivity contribution in [2.45, 2.75) is 0 Å². The smallest absolute Gasteiger partial charge is 0 e. The van der Waals surface area contributed by atoms with Crippen molar-refractivity contribution in [3.8, 4) is 5.75 Å². The average molecular weight is 212 g/mol. The van der Waals surface area contributed by atoms with Crippen LogP contribution in [-0.4, -0.2) is 5.11 Å². The first kappa shape index (κ1) is 12.6. The first-order valence-electron chi connectivity index (χ1n) is 2.32. The van der Waals surface area contributed by atoms with Gasteiger partial charge in [-0.05, 0) is 12.1 Å². The number of phenolic OH excluding ortho intramolecular Hbond substituents is 1. The molecule has 0 aliphatic carbocycles. The van der Waals surface area contributed by atoms with Crippen LogP contribution in [0.1, 0.15) is 0 Å². The van der Waals surface area contributed by atoms with Gasteiger partial charge in [0.25, 0.3) is 0 Å². The molecule has 0 saturated carbocycles. The molecule has 0 atom stereocenters. The van der Waals surface area contributed by atoms with Gasteiger partial charge < -0.3 is 5.11 Å². The molecule has 0 fully saturated rings. The van der Waals surface area contributed by atoms with Crippen molar-refractivity contribution in [2.75, 3.05) is 0 Å². The Hall–Kier alpha value is -0.0112. The molecule has 1 aromatic rings. The van der Waals surface area contributed by atoms with E-state index in [9.17, 15) is 0 Å². The summed E-state index contributed by atoms with van der Waals surface area (Å²) < 4.78 is 8.19. The predicted molar refractivity (Wildman–Crippen MR) is 28.8 cm³/mol. The van der Waals surface area contributed by atoms with Gasteiger partial charge in [-0.2, -0.15) is 0 Å². The Morgan fingerprint density at radius 3 is 1.70 bits per heavy atom. The van der Waals surface area contributed by atoms with Gasteiger partial charge in [-0.1, -0.05) is 18.2 Å². The van der Waals surface area contributed by atoms with E-state index in [2.05, 4.69) is 0 Å². The minimum Gasteiger partial charge on any atom is 0 e. The molecule has 0 aliphatic heterocycles. The molecule has 0 bridgehead atoms. The molecule has 1 rings (SSSR count). The molecule has 1 radical (unpaired) electrons. The second kappa shape index (κ2) is 8.99. The Morgan fingerprint density at radius 2 is 1.50 bits per heavy atom. The summed E-state index contributed by atoms with van der Waals surface area (Å²) in [6.07, 6.45) is 0. The van der Waals surface area contributed by atoms with Crippen LogP contribution in [0.3, 0.4) is 0 Å². The van der Waals surface area contributed by atoms with Crippen LogP contribution in [0.2, 0.25) is 0 Å². The van der Waals surface area contributed by atoms with E-state index in [1.807, 2.05) is 6.07 Å². The van der Waals surface area contributed by atoms with Gasteiger partial charge in [-0.15, -0.1) is 0 Å². The second-order valence-electron chi connectivity index (χ2n) is 1.34. The van der Waals surface area contributed by atoms with Gasteiger partial charge in [0.1, 0.15) is 5.75 Å². The number of para-hydroxylation sites is 1. The Morgan fingerprint density at radius 1 is 1.10 bits per heavy atom. The zero-order chi connectivity index (χ0) is 7.11. The summed E-state index contributed by atoms with van der Waals surface area (Å²) >= 11 is 1.06. The molecule has 0 heterocycles. The van der Waals surface area contributed by atoms with Crippen molar-refractivity contribution in [3.63, 3.8) is 0 Å². The first-order valence-corrected chi connectivity index (χ1v) is 2.89. The molecule has 0 saturated heterocycles. The molecule has 0 aliphatic rings. The van der Waals surface area contributed by atoms with Crippen molar-refractivity contribution in [2.24, 2.45) is 0 Å². The van der Waals surface area contributed by atoms with Crippen molar-refractivity contribution in [3.05, 3.63) is 30.3 Å². The van der Waals surface area contributed by atoms with Crippen molar-refractivity contribution >= 4 is 0 Å². The molecular formula is C6H6O2V2. The Labute approximate surface area is 80.7 Å². The van der Waals surface area contributed by atoms with Crippen LogP contribution in [0.4, 0.5) is 0 Å². The summed E-state index contributed by atoms with van der Waals surface area (Å²) in [5, 5.41) is 8.63. The SMILES string of the molecule is Oc1ccccc1.[O]=[V].[V]. The molecule has 0 spiro atoms. The van der Waals surface area contributed by atoms with E-state index in [0.717, 1.165) is 17.4 Å². The summed E-state index contributed by atoms with van der Waals surface area (Å²) in [6, 6.07) is 8.71. The number of rotatable bonds is 0. The summed E-state index contributed by atoms with van der Waals surface area (Å²) in [7, 11) is 0. The molecule has 10 heavy (non-hydrogen) atoms. The zero-order valence-corrected chi connectivity index (χ0v) is 7.93. The van der Waals surface area contributed by atoms with Crippen molar-refractivity contribution in [1.82, 2.24) is 0 Å². The summed E-state index contributed by atoms with van der Waals surface area (Å²) in [6.45, 7) is 0. The van der Waals surface area contributed by atoms with Gasteiger partial charge in [-0.3, -0.25) is 0 Å². The number of phenols is 1. The van der Waals surface area contributed by atoms with Gasteiger partial charge in [0.05, 0.1) is 0 Å². The summed E-state index contributed by atoms with van der Waals surface area (Å²) in [5.41, 5.74) is 0. The number of benzene rings is 1. The van der Waals surface area contributed by atoms with Gasteiger partial charge in [-0.25, -0.2) is 0 Å². The van der Waals surface area contributed by atoms with Crippen LogP contribution < -0.4 is 0 Å². The van der Waals surface area contributed by atoms with Crippen molar-refractivity contribution < 1.29 is 44.7 Å². The van der Waals surface area contributed by atoms with Crippen molar-refractivity contribution in [1.29, 1.82) is 0 Å². The molecule has 52 valence electrons. The van der Waals surface area contributed by atoms with E-state index in [1.54, 1.807) is 24.3 Å². The third-order valence-corrected chi connectivity index (χ3v) is 0.756. The fourth-order valence-electron chi connectivity index (χ4n) is 0.428. The fourth-order valence-corrected chi connectivity index (χ4v) is 0.428. The topological polar surface area (TPSA) is 37.3 Å². The zero-order valence-electron chi connectivity index (χ0n) is 5.14. The van der Waals surface area contributed by atoms with Gasteiger partial charge >= 0.3 is 21.0 Å². The van der Waals surface area contributed by atoms with Crippen LogP contribution in [0.15, 0.2) is 30.3 Å². The Kier molecular flexibility index (Phi) is 11.4. The molecule has 0 amide bonds.